The molecule has 0 amide bonds. The van der Waals surface area contributed by atoms with Crippen LogP contribution in [0.15, 0.2) is 24.4 Å². The van der Waals surface area contributed by atoms with Gasteiger partial charge in [-0.1, -0.05) is 31.4 Å². The Morgan fingerprint density at radius 1 is 1.08 bits per heavy atom. The van der Waals surface area contributed by atoms with Crippen LogP contribution in [-0.2, 0) is 0 Å². The monoisotopic (exact) mass is 162 g/mol. The van der Waals surface area contributed by atoms with Crippen molar-refractivity contribution in [2.45, 2.75) is 32.1 Å². The van der Waals surface area contributed by atoms with E-state index in [0.717, 1.165) is 5.92 Å². The van der Waals surface area contributed by atoms with Gasteiger partial charge in [0.1, 0.15) is 0 Å². The Kier molecular flexibility index (Phi) is 2.50. The molecule has 0 aromatic heterocycles. The zero-order valence-corrected chi connectivity index (χ0v) is 7.42. The second-order valence-corrected chi connectivity index (χ2v) is 3.65. The van der Waals surface area contributed by atoms with Gasteiger partial charge < -0.3 is 5.32 Å². The van der Waals surface area contributed by atoms with Gasteiger partial charge in [0.25, 0.3) is 0 Å². The molecular weight excluding hydrogens is 146 g/mol. The summed E-state index contributed by atoms with van der Waals surface area (Å²) in [5.74, 6) is 0.806. The van der Waals surface area contributed by atoms with E-state index < -0.39 is 0 Å². The third kappa shape index (κ3) is 1.71. The van der Waals surface area contributed by atoms with Crippen molar-refractivity contribution < 1.29 is 0 Å². The van der Waals surface area contributed by atoms with E-state index in [1.165, 1.54) is 38.1 Å². The van der Waals surface area contributed by atoms with Gasteiger partial charge in [-0.3, -0.25) is 0 Å². The molecule has 2 rings (SSSR count). The zero-order chi connectivity index (χ0) is 8.23. The van der Waals surface area contributed by atoms with Crippen molar-refractivity contribution in [2.24, 2.45) is 5.92 Å². The summed E-state index contributed by atoms with van der Waals surface area (Å²) in [6.45, 7) is 0. The molecule has 0 unspecified atom stereocenters. The molecule has 0 bridgehead atoms. The van der Waals surface area contributed by atoms with Crippen molar-refractivity contribution in [3.8, 4) is 0 Å². The molecule has 0 atom stereocenters. The van der Waals surface area contributed by atoms with Gasteiger partial charge in [0, 0.05) is 0 Å². The molecular formula is C11H16N. The van der Waals surface area contributed by atoms with E-state index in [-0.39, 0.29) is 0 Å². The van der Waals surface area contributed by atoms with Crippen LogP contribution >= 0.6 is 0 Å². The number of dihydropyridines is 1. The summed E-state index contributed by atoms with van der Waals surface area (Å²) in [5.41, 5.74) is 0. The Morgan fingerprint density at radius 3 is 2.58 bits per heavy atom. The quantitative estimate of drug-likeness (QED) is 0.625. The Balaban J connectivity index is 1.90. The van der Waals surface area contributed by atoms with Gasteiger partial charge in [-0.25, -0.2) is 0 Å². The Labute approximate surface area is 74.5 Å². The highest BCUT2D eigenvalue weighted by Crippen LogP contribution is 2.31. The van der Waals surface area contributed by atoms with Gasteiger partial charge in [0.2, 0.25) is 0 Å². The number of nitrogens with one attached hydrogen (secondary N) is 1. The standard InChI is InChI=1S/C11H16N/c1-2-6-10(7-3-1)11-8-4-5-9-12-11/h4-5,8-10,12H,1-3,6-7H2. The van der Waals surface area contributed by atoms with Gasteiger partial charge in [0.05, 0.1) is 6.04 Å². The minimum Gasteiger partial charge on any atom is -0.379 e. The first kappa shape index (κ1) is 7.90. The maximum atomic E-state index is 3.34. The van der Waals surface area contributed by atoms with E-state index in [1.807, 2.05) is 12.3 Å². The van der Waals surface area contributed by atoms with Crippen molar-refractivity contribution in [3.05, 3.63) is 30.5 Å². The first-order chi connectivity index (χ1) is 5.97. The van der Waals surface area contributed by atoms with Crippen molar-refractivity contribution in [3.63, 3.8) is 0 Å². The number of rotatable bonds is 1. The third-order valence-corrected chi connectivity index (χ3v) is 2.78. The molecule has 1 nitrogen and oxygen atoms in total. The van der Waals surface area contributed by atoms with Gasteiger partial charge in [0.15, 0.2) is 0 Å². The maximum Gasteiger partial charge on any atom is 0.0852 e. The number of allylic oxidation sites excluding steroid dienone is 2. The summed E-state index contributed by atoms with van der Waals surface area (Å²) >= 11 is 0. The van der Waals surface area contributed by atoms with Crippen molar-refractivity contribution >= 4 is 0 Å². The highest BCUT2D eigenvalue weighted by atomic mass is 14.9. The van der Waals surface area contributed by atoms with Crippen LogP contribution in [0.4, 0.5) is 0 Å². The molecule has 0 spiro atoms. The van der Waals surface area contributed by atoms with Gasteiger partial charge in [-0.05, 0) is 31.0 Å². The molecule has 2 aliphatic rings. The van der Waals surface area contributed by atoms with E-state index in [1.54, 1.807) is 0 Å². The van der Waals surface area contributed by atoms with Crippen molar-refractivity contribution in [1.82, 2.24) is 5.32 Å². The van der Waals surface area contributed by atoms with Crippen LogP contribution in [0.25, 0.3) is 0 Å². The fourth-order valence-corrected chi connectivity index (χ4v) is 2.07. The summed E-state index contributed by atoms with van der Waals surface area (Å²) in [7, 11) is 0. The van der Waals surface area contributed by atoms with E-state index in [9.17, 15) is 0 Å². The van der Waals surface area contributed by atoms with E-state index >= 15 is 0 Å². The van der Waals surface area contributed by atoms with E-state index in [2.05, 4.69) is 17.5 Å². The molecule has 1 saturated carbocycles. The van der Waals surface area contributed by atoms with Crippen LogP contribution in [0.5, 0.6) is 0 Å². The smallest absolute Gasteiger partial charge is 0.0852 e. The summed E-state index contributed by atoms with van der Waals surface area (Å²) in [6, 6.07) is 1.43. The van der Waals surface area contributed by atoms with E-state index in [4.69, 9.17) is 0 Å². The first-order valence-electron chi connectivity index (χ1n) is 4.93. The zero-order valence-electron chi connectivity index (χ0n) is 7.42. The molecule has 1 aliphatic carbocycles. The van der Waals surface area contributed by atoms with Crippen molar-refractivity contribution in [1.29, 1.82) is 0 Å². The lowest BCUT2D eigenvalue weighted by Gasteiger charge is -2.28. The molecule has 65 valence electrons. The molecule has 1 N–H and O–H groups in total. The average molecular weight is 162 g/mol. The molecule has 12 heavy (non-hydrogen) atoms. The number of hydrogen-bond acceptors (Lipinski definition) is 1. The molecule has 1 heteroatoms. The summed E-state index contributed by atoms with van der Waals surface area (Å²) in [4.78, 5) is 0. The highest BCUT2D eigenvalue weighted by molar-refractivity contribution is 5.23. The van der Waals surface area contributed by atoms with Crippen LogP contribution in [0.2, 0.25) is 0 Å². The van der Waals surface area contributed by atoms with Gasteiger partial charge >= 0.3 is 0 Å². The minimum atomic E-state index is 0.806. The largest absolute Gasteiger partial charge is 0.379 e. The average Bonchev–Trinajstić information content (AvgIpc) is 2.21. The van der Waals surface area contributed by atoms with Gasteiger partial charge in [-0.2, -0.15) is 0 Å². The highest BCUT2D eigenvalue weighted by Gasteiger charge is 2.21. The van der Waals surface area contributed by atoms with Gasteiger partial charge in [-0.15, -0.1) is 0 Å². The first-order valence-corrected chi connectivity index (χ1v) is 4.93. The molecule has 1 fully saturated rings. The SMILES string of the molecule is C1=CN[C](C2CCCCC2)C=C1. The summed E-state index contributed by atoms with van der Waals surface area (Å²) < 4.78 is 0. The number of hydrogen-bond donors (Lipinski definition) is 1. The molecule has 0 saturated heterocycles. The predicted molar refractivity (Wildman–Crippen MR) is 51.2 cm³/mol. The second-order valence-electron chi connectivity index (χ2n) is 3.65. The Morgan fingerprint density at radius 2 is 1.92 bits per heavy atom. The van der Waals surface area contributed by atoms with Crippen molar-refractivity contribution in [2.75, 3.05) is 0 Å². The lowest BCUT2D eigenvalue weighted by Crippen LogP contribution is -2.25. The van der Waals surface area contributed by atoms with Crippen LogP contribution in [0.1, 0.15) is 32.1 Å². The lowest BCUT2D eigenvalue weighted by molar-refractivity contribution is 0.366. The van der Waals surface area contributed by atoms with Crippen LogP contribution in [0.3, 0.4) is 0 Å². The molecule has 0 aromatic carbocycles. The fourth-order valence-electron chi connectivity index (χ4n) is 2.07. The third-order valence-electron chi connectivity index (χ3n) is 2.78. The topological polar surface area (TPSA) is 12.0 Å². The lowest BCUT2D eigenvalue weighted by atomic mass is 9.83. The van der Waals surface area contributed by atoms with E-state index in [0.29, 0.717) is 0 Å². The summed E-state index contributed by atoms with van der Waals surface area (Å²) in [5, 5.41) is 3.34. The molecule has 1 heterocycles. The normalized spacial score (nSPS) is 25.7. The molecule has 0 aromatic rings. The predicted octanol–water partition coefficient (Wildman–Crippen LogP) is 2.77. The Bertz CT molecular complexity index is 187. The maximum absolute atomic E-state index is 3.34. The molecule has 1 aliphatic heterocycles. The van der Waals surface area contributed by atoms with Crippen LogP contribution in [0, 0.1) is 12.0 Å². The van der Waals surface area contributed by atoms with Crippen LogP contribution in [-0.4, -0.2) is 0 Å². The fraction of sp³-hybridized carbons (Fsp3) is 0.545. The van der Waals surface area contributed by atoms with Crippen LogP contribution < -0.4 is 5.32 Å². The Hall–Kier alpha value is -0.720. The molecule has 1 radical (unpaired) electrons. The summed E-state index contributed by atoms with van der Waals surface area (Å²) in [6.07, 6.45) is 15.4. The second kappa shape index (κ2) is 3.79. The minimum absolute atomic E-state index is 0.806.